The molecule has 1 aromatic rings. The van der Waals surface area contributed by atoms with Crippen LogP contribution in [0.25, 0.3) is 0 Å². The van der Waals surface area contributed by atoms with Crippen LogP contribution in [0.4, 0.5) is 5.69 Å². The van der Waals surface area contributed by atoms with Gasteiger partial charge in [-0.15, -0.1) is 0 Å². The highest BCUT2D eigenvalue weighted by atomic mass is 15.3. The summed E-state index contributed by atoms with van der Waals surface area (Å²) in [7, 11) is 1.90. The van der Waals surface area contributed by atoms with Crippen LogP contribution in [0, 0.1) is 5.41 Å². The van der Waals surface area contributed by atoms with E-state index in [-0.39, 0.29) is 11.5 Å². The van der Waals surface area contributed by atoms with Gasteiger partial charge in [0.05, 0.1) is 11.9 Å². The third-order valence-electron chi connectivity index (χ3n) is 2.34. The average molecular weight is 196 g/mol. The zero-order valence-corrected chi connectivity index (χ0v) is 9.41. The van der Waals surface area contributed by atoms with Crippen molar-refractivity contribution in [3.8, 4) is 0 Å². The highest BCUT2D eigenvalue weighted by molar-refractivity contribution is 5.38. The molecule has 0 unspecified atom stereocenters. The third kappa shape index (κ3) is 3.03. The van der Waals surface area contributed by atoms with Crippen LogP contribution in [0.5, 0.6) is 0 Å². The number of nitrogens with two attached hydrogens (primary N) is 1. The molecule has 1 rings (SSSR count). The number of nitrogens with zero attached hydrogens (tertiary/aromatic N) is 2. The number of aryl methyl sites for hydroxylation is 1. The molecule has 4 heteroatoms. The van der Waals surface area contributed by atoms with Gasteiger partial charge in [0, 0.05) is 25.8 Å². The van der Waals surface area contributed by atoms with Crippen LogP contribution < -0.4 is 11.1 Å². The van der Waals surface area contributed by atoms with Gasteiger partial charge in [0.2, 0.25) is 0 Å². The fourth-order valence-corrected chi connectivity index (χ4v) is 1.05. The zero-order chi connectivity index (χ0) is 10.8. The summed E-state index contributed by atoms with van der Waals surface area (Å²) in [5, 5.41) is 7.33. The lowest BCUT2D eigenvalue weighted by atomic mass is 9.87. The van der Waals surface area contributed by atoms with Gasteiger partial charge in [0.15, 0.2) is 0 Å². The van der Waals surface area contributed by atoms with Gasteiger partial charge in [-0.2, -0.15) is 5.10 Å². The largest absolute Gasteiger partial charge is 0.381 e. The van der Waals surface area contributed by atoms with Gasteiger partial charge in [-0.05, 0) is 5.41 Å². The Bertz CT molecular complexity index is 285. The Morgan fingerprint density at radius 1 is 1.57 bits per heavy atom. The van der Waals surface area contributed by atoms with Crippen LogP contribution in [0.15, 0.2) is 12.4 Å². The van der Waals surface area contributed by atoms with Crippen LogP contribution in [-0.2, 0) is 7.05 Å². The Labute approximate surface area is 85.5 Å². The molecule has 0 bridgehead atoms. The quantitative estimate of drug-likeness (QED) is 0.764. The van der Waals surface area contributed by atoms with Gasteiger partial charge >= 0.3 is 0 Å². The molecule has 0 saturated carbocycles. The average Bonchev–Trinajstić information content (AvgIpc) is 2.45. The highest BCUT2D eigenvalue weighted by Gasteiger charge is 2.19. The maximum Gasteiger partial charge on any atom is 0.0726 e. The summed E-state index contributed by atoms with van der Waals surface area (Å²) in [6.45, 7) is 7.20. The molecule has 0 aromatic carbocycles. The molecule has 0 radical (unpaired) electrons. The SMILES string of the molecule is Cn1cc(NC[C@H](N)C(C)(C)C)cn1. The monoisotopic (exact) mass is 196 g/mol. The molecule has 0 aliphatic rings. The van der Waals surface area contributed by atoms with E-state index < -0.39 is 0 Å². The molecule has 0 amide bonds. The second-order valence-corrected chi connectivity index (χ2v) is 4.76. The molecule has 4 nitrogen and oxygen atoms in total. The Kier molecular flexibility index (Phi) is 3.16. The molecule has 0 saturated heterocycles. The number of aromatic nitrogens is 2. The first-order chi connectivity index (χ1) is 6.39. The van der Waals surface area contributed by atoms with E-state index in [0.29, 0.717) is 0 Å². The highest BCUT2D eigenvalue weighted by Crippen LogP contribution is 2.17. The van der Waals surface area contributed by atoms with E-state index in [1.165, 1.54) is 0 Å². The minimum atomic E-state index is 0.134. The number of hydrogen-bond acceptors (Lipinski definition) is 3. The van der Waals surface area contributed by atoms with Crippen molar-refractivity contribution in [2.75, 3.05) is 11.9 Å². The number of nitrogens with one attached hydrogen (secondary N) is 1. The van der Waals surface area contributed by atoms with E-state index in [4.69, 9.17) is 5.73 Å². The molecule has 80 valence electrons. The van der Waals surface area contributed by atoms with Crippen molar-refractivity contribution in [3.05, 3.63) is 12.4 Å². The van der Waals surface area contributed by atoms with Crippen molar-refractivity contribution in [1.82, 2.24) is 9.78 Å². The van der Waals surface area contributed by atoms with E-state index in [1.807, 2.05) is 13.2 Å². The maximum atomic E-state index is 6.02. The lowest BCUT2D eigenvalue weighted by molar-refractivity contribution is 0.331. The van der Waals surface area contributed by atoms with Crippen molar-refractivity contribution in [2.24, 2.45) is 18.2 Å². The second-order valence-electron chi connectivity index (χ2n) is 4.76. The lowest BCUT2D eigenvalue weighted by Crippen LogP contribution is -2.40. The van der Waals surface area contributed by atoms with E-state index in [2.05, 4.69) is 31.2 Å². The molecule has 14 heavy (non-hydrogen) atoms. The topological polar surface area (TPSA) is 55.9 Å². The van der Waals surface area contributed by atoms with Crippen LogP contribution in [0.1, 0.15) is 20.8 Å². The predicted molar refractivity (Wildman–Crippen MR) is 59.1 cm³/mol. The van der Waals surface area contributed by atoms with E-state index in [9.17, 15) is 0 Å². The summed E-state index contributed by atoms with van der Waals surface area (Å²) in [4.78, 5) is 0. The summed E-state index contributed by atoms with van der Waals surface area (Å²) in [6, 6.07) is 0.141. The smallest absolute Gasteiger partial charge is 0.0726 e. The molecule has 0 spiro atoms. The van der Waals surface area contributed by atoms with E-state index in [1.54, 1.807) is 10.9 Å². The van der Waals surface area contributed by atoms with Crippen molar-refractivity contribution in [2.45, 2.75) is 26.8 Å². The van der Waals surface area contributed by atoms with Crippen molar-refractivity contribution in [1.29, 1.82) is 0 Å². The molecule has 1 heterocycles. The summed E-state index contributed by atoms with van der Waals surface area (Å²) in [6.07, 6.45) is 3.74. The summed E-state index contributed by atoms with van der Waals surface area (Å²) < 4.78 is 1.77. The second kappa shape index (κ2) is 4.00. The first-order valence-corrected chi connectivity index (χ1v) is 4.87. The fraction of sp³-hybridized carbons (Fsp3) is 0.700. The van der Waals surface area contributed by atoms with Gasteiger partial charge in [-0.3, -0.25) is 4.68 Å². The van der Waals surface area contributed by atoms with E-state index in [0.717, 1.165) is 12.2 Å². The normalized spacial score (nSPS) is 14.1. The van der Waals surface area contributed by atoms with Gasteiger partial charge in [-0.1, -0.05) is 20.8 Å². The third-order valence-corrected chi connectivity index (χ3v) is 2.34. The molecule has 0 aliphatic carbocycles. The first-order valence-electron chi connectivity index (χ1n) is 4.87. The predicted octanol–water partition coefficient (Wildman–Crippen LogP) is 1.21. The van der Waals surface area contributed by atoms with E-state index >= 15 is 0 Å². The fourth-order valence-electron chi connectivity index (χ4n) is 1.05. The Balaban J connectivity index is 2.41. The van der Waals surface area contributed by atoms with Gasteiger partial charge < -0.3 is 11.1 Å². The zero-order valence-electron chi connectivity index (χ0n) is 9.41. The lowest BCUT2D eigenvalue weighted by Gasteiger charge is -2.27. The van der Waals surface area contributed by atoms with Gasteiger partial charge in [0.25, 0.3) is 0 Å². The minimum Gasteiger partial charge on any atom is -0.381 e. The Morgan fingerprint density at radius 3 is 2.64 bits per heavy atom. The van der Waals surface area contributed by atoms with Gasteiger partial charge in [0.1, 0.15) is 0 Å². The number of hydrogen-bond donors (Lipinski definition) is 2. The minimum absolute atomic E-state index is 0.134. The molecule has 0 aliphatic heterocycles. The van der Waals surface area contributed by atoms with Crippen molar-refractivity contribution in [3.63, 3.8) is 0 Å². The molecule has 0 fully saturated rings. The first kappa shape index (κ1) is 11.0. The number of rotatable bonds is 3. The molecular formula is C10H20N4. The maximum absolute atomic E-state index is 6.02. The van der Waals surface area contributed by atoms with Crippen LogP contribution in [0.2, 0.25) is 0 Å². The molecule has 3 N–H and O–H groups in total. The van der Waals surface area contributed by atoms with Crippen LogP contribution in [0.3, 0.4) is 0 Å². The Hall–Kier alpha value is -1.03. The van der Waals surface area contributed by atoms with Gasteiger partial charge in [-0.25, -0.2) is 0 Å². The molecular weight excluding hydrogens is 176 g/mol. The van der Waals surface area contributed by atoms with Crippen LogP contribution >= 0.6 is 0 Å². The Morgan fingerprint density at radius 2 is 2.21 bits per heavy atom. The molecule has 1 atom stereocenters. The van der Waals surface area contributed by atoms with Crippen LogP contribution in [-0.4, -0.2) is 22.4 Å². The standard InChI is InChI=1S/C10H20N4/c1-10(2,3)9(11)6-12-8-5-13-14(4)7-8/h5,7,9,12H,6,11H2,1-4H3/t9-/m0/s1. The van der Waals surface area contributed by atoms with Crippen molar-refractivity contribution < 1.29 is 0 Å². The summed E-state index contributed by atoms with van der Waals surface area (Å²) in [5.74, 6) is 0. The van der Waals surface area contributed by atoms with Crippen molar-refractivity contribution >= 4 is 5.69 Å². The number of anilines is 1. The summed E-state index contributed by atoms with van der Waals surface area (Å²) in [5.41, 5.74) is 7.17. The summed E-state index contributed by atoms with van der Waals surface area (Å²) >= 11 is 0. The molecule has 1 aromatic heterocycles.